The number of likely N-dealkylation sites (N-methyl/N-ethyl adjacent to an activating group) is 1. The molecular weight excluding hydrogens is 399 g/mol. The van der Waals surface area contributed by atoms with Crippen molar-refractivity contribution in [3.8, 4) is 5.75 Å². The van der Waals surface area contributed by atoms with E-state index in [0.717, 1.165) is 19.5 Å². The lowest BCUT2D eigenvalue weighted by atomic mass is 9.99. The van der Waals surface area contributed by atoms with Crippen LogP contribution in [0.2, 0.25) is 0 Å². The number of nitrogens with zero attached hydrogens (tertiary/aromatic N) is 3. The predicted molar refractivity (Wildman–Crippen MR) is 117 cm³/mol. The van der Waals surface area contributed by atoms with E-state index in [1.165, 1.54) is 29.5 Å². The van der Waals surface area contributed by atoms with Crippen molar-refractivity contribution in [3.63, 3.8) is 0 Å². The van der Waals surface area contributed by atoms with E-state index in [9.17, 15) is 9.18 Å². The Bertz CT molecular complexity index is 1140. The van der Waals surface area contributed by atoms with Crippen LogP contribution in [-0.4, -0.2) is 41.5 Å². The zero-order chi connectivity index (χ0) is 22.0. The third kappa shape index (κ3) is 4.56. The summed E-state index contributed by atoms with van der Waals surface area (Å²) in [6.45, 7) is 1.83. The number of carbonyl (C=O) groups excluding carboxylic acids is 1. The summed E-state index contributed by atoms with van der Waals surface area (Å²) in [4.78, 5) is 22.7. The summed E-state index contributed by atoms with van der Waals surface area (Å²) in [6.07, 6.45) is 2.28. The minimum absolute atomic E-state index is 0.0915. The van der Waals surface area contributed by atoms with Gasteiger partial charge in [-0.05, 0) is 54.9 Å². The van der Waals surface area contributed by atoms with Crippen molar-refractivity contribution in [1.82, 2.24) is 14.9 Å². The lowest BCUT2D eigenvalue weighted by molar-refractivity contribution is 0.100. The number of amides is 1. The molecule has 8 nitrogen and oxygen atoms in total. The molecule has 1 aliphatic heterocycles. The Kier molecular flexibility index (Phi) is 5.68. The predicted octanol–water partition coefficient (Wildman–Crippen LogP) is 3.20. The SMILES string of the molecule is COc1cc2c(cc1Nc1ncc(C(N)=O)c(Nc3cccc(F)c3)n1)CN(C)CC2. The van der Waals surface area contributed by atoms with E-state index in [0.29, 0.717) is 17.1 Å². The molecule has 0 spiro atoms. The zero-order valence-electron chi connectivity index (χ0n) is 17.3. The molecule has 4 rings (SSSR count). The first kappa shape index (κ1) is 20.5. The molecule has 0 fully saturated rings. The number of hydrogen-bond acceptors (Lipinski definition) is 7. The molecule has 1 amide bonds. The van der Waals surface area contributed by atoms with Crippen LogP contribution in [-0.2, 0) is 13.0 Å². The van der Waals surface area contributed by atoms with Crippen molar-refractivity contribution in [3.05, 3.63) is 65.1 Å². The number of halogens is 1. The highest BCUT2D eigenvalue weighted by molar-refractivity contribution is 5.98. The summed E-state index contributed by atoms with van der Waals surface area (Å²) in [7, 11) is 3.69. The van der Waals surface area contributed by atoms with Gasteiger partial charge in [0, 0.05) is 25.0 Å². The van der Waals surface area contributed by atoms with Crippen LogP contribution < -0.4 is 21.1 Å². The first-order valence-electron chi connectivity index (χ1n) is 9.77. The number of fused-ring (bicyclic) bond motifs is 1. The highest BCUT2D eigenvalue weighted by Crippen LogP contribution is 2.33. The molecular formula is C22H23FN6O2. The van der Waals surface area contributed by atoms with Crippen LogP contribution in [0.25, 0.3) is 0 Å². The number of carbonyl (C=O) groups is 1. The molecule has 0 radical (unpaired) electrons. The van der Waals surface area contributed by atoms with Gasteiger partial charge >= 0.3 is 0 Å². The number of nitrogens with two attached hydrogens (primary N) is 1. The van der Waals surface area contributed by atoms with Gasteiger partial charge in [-0.15, -0.1) is 0 Å². The van der Waals surface area contributed by atoms with Crippen LogP contribution in [0.5, 0.6) is 5.75 Å². The van der Waals surface area contributed by atoms with Gasteiger partial charge in [0.05, 0.1) is 12.8 Å². The molecule has 2 heterocycles. The van der Waals surface area contributed by atoms with Gasteiger partial charge in [0.25, 0.3) is 5.91 Å². The van der Waals surface area contributed by atoms with E-state index in [1.54, 1.807) is 19.2 Å². The lowest BCUT2D eigenvalue weighted by Crippen LogP contribution is -2.26. The Morgan fingerprint density at radius 3 is 2.81 bits per heavy atom. The molecule has 0 unspecified atom stereocenters. The van der Waals surface area contributed by atoms with Gasteiger partial charge in [-0.25, -0.2) is 9.37 Å². The molecule has 4 N–H and O–H groups in total. The van der Waals surface area contributed by atoms with Crippen molar-refractivity contribution in [1.29, 1.82) is 0 Å². The van der Waals surface area contributed by atoms with E-state index in [2.05, 4.69) is 32.5 Å². The van der Waals surface area contributed by atoms with Crippen LogP contribution in [0.15, 0.2) is 42.6 Å². The van der Waals surface area contributed by atoms with E-state index in [-0.39, 0.29) is 17.3 Å². The maximum absolute atomic E-state index is 13.6. The van der Waals surface area contributed by atoms with Crippen LogP contribution >= 0.6 is 0 Å². The Labute approximate surface area is 179 Å². The van der Waals surface area contributed by atoms with Crippen molar-refractivity contribution in [2.24, 2.45) is 5.73 Å². The summed E-state index contributed by atoms with van der Waals surface area (Å²) in [5.41, 5.74) is 9.14. The fourth-order valence-corrected chi connectivity index (χ4v) is 3.54. The van der Waals surface area contributed by atoms with Crippen LogP contribution in [0.4, 0.5) is 27.5 Å². The molecule has 2 aromatic carbocycles. The standard InChI is InChI=1S/C22H23FN6O2/c1-29-7-6-13-9-19(31-2)18(8-14(13)12-29)27-22-25-11-17(20(24)30)21(28-22)26-16-5-3-4-15(23)10-16/h3-5,8-11H,6-7,12H2,1-2H3,(H2,24,30)(H2,25,26,27,28). The number of primary amides is 1. The fourth-order valence-electron chi connectivity index (χ4n) is 3.54. The Balaban J connectivity index is 1.67. The molecule has 0 bridgehead atoms. The van der Waals surface area contributed by atoms with Crippen LogP contribution in [0.3, 0.4) is 0 Å². The molecule has 3 aromatic rings. The molecule has 0 aliphatic carbocycles. The number of nitrogens with one attached hydrogen (secondary N) is 2. The van der Waals surface area contributed by atoms with Gasteiger partial charge in [-0.3, -0.25) is 4.79 Å². The van der Waals surface area contributed by atoms with E-state index >= 15 is 0 Å². The average molecular weight is 422 g/mol. The highest BCUT2D eigenvalue weighted by atomic mass is 19.1. The normalized spacial score (nSPS) is 13.4. The van der Waals surface area contributed by atoms with Crippen molar-refractivity contribution < 1.29 is 13.9 Å². The second-order valence-electron chi connectivity index (χ2n) is 7.39. The summed E-state index contributed by atoms with van der Waals surface area (Å²) in [6, 6.07) is 9.88. The number of anilines is 4. The quantitative estimate of drug-likeness (QED) is 0.560. The minimum atomic E-state index is -0.695. The zero-order valence-corrected chi connectivity index (χ0v) is 17.3. The Morgan fingerprint density at radius 2 is 2.06 bits per heavy atom. The molecule has 1 aliphatic rings. The van der Waals surface area contributed by atoms with Crippen molar-refractivity contribution in [2.75, 3.05) is 31.3 Å². The molecule has 31 heavy (non-hydrogen) atoms. The maximum atomic E-state index is 13.6. The molecule has 1 aromatic heterocycles. The second-order valence-corrected chi connectivity index (χ2v) is 7.39. The van der Waals surface area contributed by atoms with Gasteiger partial charge in [-0.2, -0.15) is 4.98 Å². The highest BCUT2D eigenvalue weighted by Gasteiger charge is 2.18. The molecule has 0 saturated heterocycles. The molecule has 0 saturated carbocycles. The van der Waals surface area contributed by atoms with Gasteiger partial charge < -0.3 is 26.0 Å². The van der Waals surface area contributed by atoms with Gasteiger partial charge in [-0.1, -0.05) is 6.07 Å². The number of rotatable bonds is 6. The van der Waals surface area contributed by atoms with Gasteiger partial charge in [0.1, 0.15) is 22.9 Å². The first-order valence-corrected chi connectivity index (χ1v) is 9.77. The largest absolute Gasteiger partial charge is 0.495 e. The van der Waals surface area contributed by atoms with E-state index in [4.69, 9.17) is 10.5 Å². The van der Waals surface area contributed by atoms with E-state index < -0.39 is 11.7 Å². The summed E-state index contributed by atoms with van der Waals surface area (Å²) < 4.78 is 19.1. The number of aromatic nitrogens is 2. The first-order chi connectivity index (χ1) is 14.9. The van der Waals surface area contributed by atoms with Gasteiger partial charge in [0.2, 0.25) is 5.95 Å². The minimum Gasteiger partial charge on any atom is -0.495 e. The monoisotopic (exact) mass is 422 g/mol. The molecule has 9 heteroatoms. The van der Waals surface area contributed by atoms with Crippen LogP contribution in [0.1, 0.15) is 21.5 Å². The van der Waals surface area contributed by atoms with E-state index in [1.807, 2.05) is 12.1 Å². The van der Waals surface area contributed by atoms with Crippen molar-refractivity contribution >= 4 is 29.0 Å². The average Bonchev–Trinajstić information content (AvgIpc) is 2.73. The number of ether oxygens (including phenoxy) is 1. The number of hydrogen-bond donors (Lipinski definition) is 3. The third-order valence-electron chi connectivity index (χ3n) is 5.11. The van der Waals surface area contributed by atoms with Crippen LogP contribution in [0, 0.1) is 5.82 Å². The second kappa shape index (κ2) is 8.57. The smallest absolute Gasteiger partial charge is 0.254 e. The Hall–Kier alpha value is -3.72. The maximum Gasteiger partial charge on any atom is 0.254 e. The third-order valence-corrected chi connectivity index (χ3v) is 5.11. The molecule has 0 atom stereocenters. The topological polar surface area (TPSA) is 105 Å². The van der Waals surface area contributed by atoms with Gasteiger partial charge in [0.15, 0.2) is 0 Å². The lowest BCUT2D eigenvalue weighted by Gasteiger charge is -2.26. The number of benzene rings is 2. The summed E-state index contributed by atoms with van der Waals surface area (Å²) in [5, 5.41) is 6.10. The summed E-state index contributed by atoms with van der Waals surface area (Å²) >= 11 is 0. The van der Waals surface area contributed by atoms with Crippen molar-refractivity contribution in [2.45, 2.75) is 13.0 Å². The molecule has 160 valence electrons. The fraction of sp³-hybridized carbons (Fsp3) is 0.227. The number of methoxy groups -OCH3 is 1. The Morgan fingerprint density at radius 1 is 1.23 bits per heavy atom. The summed E-state index contributed by atoms with van der Waals surface area (Å²) in [5.74, 6) is -0.0225.